The van der Waals surface area contributed by atoms with E-state index in [0.29, 0.717) is 13.0 Å². The van der Waals surface area contributed by atoms with Crippen LogP contribution in [0.1, 0.15) is 39.0 Å². The molecule has 1 fully saturated rings. The van der Waals surface area contributed by atoms with E-state index in [4.69, 9.17) is 5.11 Å². The Morgan fingerprint density at radius 2 is 2.12 bits per heavy atom. The third-order valence-electron chi connectivity index (χ3n) is 3.39. The van der Waals surface area contributed by atoms with Crippen LogP contribution >= 0.6 is 0 Å². The van der Waals surface area contributed by atoms with Gasteiger partial charge in [0.25, 0.3) is 0 Å². The first kappa shape index (κ1) is 13.5. The number of amides is 1. The van der Waals surface area contributed by atoms with Gasteiger partial charge < -0.3 is 15.7 Å². The van der Waals surface area contributed by atoms with E-state index in [1.54, 1.807) is 0 Å². The number of hydrogen-bond acceptors (Lipinski definition) is 3. The first-order valence-corrected chi connectivity index (χ1v) is 6.35. The molecule has 0 atom stereocenters. The average molecular weight is 228 g/mol. The number of aliphatic hydroxyl groups is 1. The van der Waals surface area contributed by atoms with E-state index in [9.17, 15) is 4.79 Å². The number of aliphatic hydroxyl groups excluding tert-OH is 1. The smallest absolute Gasteiger partial charge is 0.226 e. The van der Waals surface area contributed by atoms with Crippen LogP contribution in [0.4, 0.5) is 0 Å². The molecular weight excluding hydrogens is 204 g/mol. The number of nitrogens with one attached hydrogen (secondary N) is 2. The van der Waals surface area contributed by atoms with E-state index in [2.05, 4.69) is 17.6 Å². The Morgan fingerprint density at radius 3 is 2.69 bits per heavy atom. The number of carbonyl (C=O) groups is 1. The Morgan fingerprint density at radius 1 is 1.44 bits per heavy atom. The topological polar surface area (TPSA) is 61.4 Å². The van der Waals surface area contributed by atoms with E-state index in [0.717, 1.165) is 38.8 Å². The van der Waals surface area contributed by atoms with Crippen LogP contribution in [-0.4, -0.2) is 37.3 Å². The summed E-state index contributed by atoms with van der Waals surface area (Å²) in [4.78, 5) is 12.2. The van der Waals surface area contributed by atoms with Crippen molar-refractivity contribution in [1.82, 2.24) is 10.6 Å². The first-order valence-electron chi connectivity index (χ1n) is 6.35. The van der Waals surface area contributed by atoms with Crippen LogP contribution in [0.5, 0.6) is 0 Å². The van der Waals surface area contributed by atoms with Gasteiger partial charge in [0.2, 0.25) is 5.91 Å². The summed E-state index contributed by atoms with van der Waals surface area (Å²) in [6.45, 7) is 4.74. The van der Waals surface area contributed by atoms with Gasteiger partial charge in [0.05, 0.1) is 5.41 Å². The van der Waals surface area contributed by atoms with Crippen LogP contribution in [-0.2, 0) is 4.79 Å². The quantitative estimate of drug-likeness (QED) is 0.585. The van der Waals surface area contributed by atoms with Gasteiger partial charge in [0, 0.05) is 13.2 Å². The fourth-order valence-corrected chi connectivity index (χ4v) is 2.44. The summed E-state index contributed by atoms with van der Waals surface area (Å²) in [6.07, 6.45) is 4.54. The van der Waals surface area contributed by atoms with E-state index in [1.165, 1.54) is 0 Å². The second-order valence-corrected chi connectivity index (χ2v) is 4.61. The van der Waals surface area contributed by atoms with Gasteiger partial charge in [-0.2, -0.15) is 0 Å². The molecule has 1 rings (SSSR count). The Labute approximate surface area is 97.8 Å². The lowest BCUT2D eigenvalue weighted by Gasteiger charge is -2.36. The van der Waals surface area contributed by atoms with Crippen LogP contribution in [0.15, 0.2) is 0 Å². The molecule has 4 nitrogen and oxygen atoms in total. The predicted molar refractivity (Wildman–Crippen MR) is 64.2 cm³/mol. The van der Waals surface area contributed by atoms with Crippen molar-refractivity contribution in [2.24, 2.45) is 5.41 Å². The average Bonchev–Trinajstić information content (AvgIpc) is 2.31. The highest BCUT2D eigenvalue weighted by Gasteiger charge is 2.38. The van der Waals surface area contributed by atoms with Gasteiger partial charge in [-0.05, 0) is 38.8 Å². The van der Waals surface area contributed by atoms with Crippen LogP contribution in [0.2, 0.25) is 0 Å². The largest absolute Gasteiger partial charge is 0.396 e. The maximum atomic E-state index is 12.2. The molecule has 94 valence electrons. The minimum atomic E-state index is -0.157. The normalized spacial score (nSPS) is 19.4. The standard InChI is InChI=1S/C12H24N2O2/c1-2-4-12(5-8-13-9-6-12)11(16)14-7-3-10-15/h13,15H,2-10H2,1H3,(H,14,16). The highest BCUT2D eigenvalue weighted by Crippen LogP contribution is 2.34. The number of hydrogen-bond donors (Lipinski definition) is 3. The summed E-state index contributed by atoms with van der Waals surface area (Å²) < 4.78 is 0. The predicted octanol–water partition coefficient (Wildman–Crippen LogP) is 0.655. The molecule has 0 spiro atoms. The Bertz CT molecular complexity index is 208. The van der Waals surface area contributed by atoms with Crippen molar-refractivity contribution < 1.29 is 9.90 Å². The van der Waals surface area contributed by atoms with Crippen molar-refractivity contribution in [3.63, 3.8) is 0 Å². The summed E-state index contributed by atoms with van der Waals surface area (Å²) in [6, 6.07) is 0. The highest BCUT2D eigenvalue weighted by molar-refractivity contribution is 5.82. The van der Waals surface area contributed by atoms with Crippen molar-refractivity contribution in [2.75, 3.05) is 26.2 Å². The maximum absolute atomic E-state index is 12.2. The minimum absolute atomic E-state index is 0.141. The molecule has 0 aromatic rings. The molecular formula is C12H24N2O2. The van der Waals surface area contributed by atoms with E-state index in [-0.39, 0.29) is 17.9 Å². The molecule has 4 heteroatoms. The molecule has 0 aromatic carbocycles. The minimum Gasteiger partial charge on any atom is -0.396 e. The lowest BCUT2D eigenvalue weighted by Crippen LogP contribution is -2.47. The number of carbonyl (C=O) groups excluding carboxylic acids is 1. The van der Waals surface area contributed by atoms with Crippen LogP contribution in [0.3, 0.4) is 0 Å². The van der Waals surface area contributed by atoms with Crippen molar-refractivity contribution >= 4 is 5.91 Å². The lowest BCUT2D eigenvalue weighted by atomic mass is 9.74. The van der Waals surface area contributed by atoms with Crippen LogP contribution in [0.25, 0.3) is 0 Å². The van der Waals surface area contributed by atoms with Crippen LogP contribution < -0.4 is 10.6 Å². The molecule has 16 heavy (non-hydrogen) atoms. The fraction of sp³-hybridized carbons (Fsp3) is 0.917. The van der Waals surface area contributed by atoms with Crippen molar-refractivity contribution in [3.05, 3.63) is 0 Å². The zero-order chi connectivity index (χ0) is 11.9. The van der Waals surface area contributed by atoms with Gasteiger partial charge in [-0.1, -0.05) is 13.3 Å². The number of rotatable bonds is 6. The molecule has 0 aliphatic carbocycles. The number of piperidine rings is 1. The second-order valence-electron chi connectivity index (χ2n) is 4.61. The van der Waals surface area contributed by atoms with Gasteiger partial charge in [0.15, 0.2) is 0 Å². The monoisotopic (exact) mass is 228 g/mol. The first-order chi connectivity index (χ1) is 7.75. The van der Waals surface area contributed by atoms with Crippen LogP contribution in [0, 0.1) is 5.41 Å². The molecule has 0 aromatic heterocycles. The van der Waals surface area contributed by atoms with Crippen molar-refractivity contribution in [3.8, 4) is 0 Å². The molecule has 1 aliphatic heterocycles. The molecule has 1 aliphatic rings. The third-order valence-corrected chi connectivity index (χ3v) is 3.39. The second kappa shape index (κ2) is 6.86. The zero-order valence-electron chi connectivity index (χ0n) is 10.2. The Kier molecular flexibility index (Phi) is 5.77. The molecule has 1 amide bonds. The van der Waals surface area contributed by atoms with E-state index < -0.39 is 0 Å². The molecule has 3 N–H and O–H groups in total. The van der Waals surface area contributed by atoms with Gasteiger partial charge in [-0.25, -0.2) is 0 Å². The Hall–Kier alpha value is -0.610. The fourth-order valence-electron chi connectivity index (χ4n) is 2.44. The highest BCUT2D eigenvalue weighted by atomic mass is 16.3. The maximum Gasteiger partial charge on any atom is 0.226 e. The van der Waals surface area contributed by atoms with Gasteiger partial charge in [-0.15, -0.1) is 0 Å². The summed E-state index contributed by atoms with van der Waals surface area (Å²) in [5.41, 5.74) is -0.157. The third kappa shape index (κ3) is 3.46. The van der Waals surface area contributed by atoms with E-state index >= 15 is 0 Å². The summed E-state index contributed by atoms with van der Waals surface area (Å²) in [5, 5.41) is 14.9. The molecule has 0 saturated carbocycles. The van der Waals surface area contributed by atoms with E-state index in [1.807, 2.05) is 0 Å². The van der Waals surface area contributed by atoms with Crippen molar-refractivity contribution in [2.45, 2.75) is 39.0 Å². The SMILES string of the molecule is CCCC1(C(=O)NCCCO)CCNCC1. The lowest BCUT2D eigenvalue weighted by molar-refractivity contribution is -0.133. The van der Waals surface area contributed by atoms with Gasteiger partial charge in [0.1, 0.15) is 0 Å². The zero-order valence-corrected chi connectivity index (χ0v) is 10.2. The molecule has 0 unspecified atom stereocenters. The van der Waals surface area contributed by atoms with Crippen molar-refractivity contribution in [1.29, 1.82) is 0 Å². The summed E-state index contributed by atoms with van der Waals surface area (Å²) in [5.74, 6) is 0.185. The molecule has 1 saturated heterocycles. The summed E-state index contributed by atoms with van der Waals surface area (Å²) in [7, 11) is 0. The molecule has 0 bridgehead atoms. The summed E-state index contributed by atoms with van der Waals surface area (Å²) >= 11 is 0. The van der Waals surface area contributed by atoms with Gasteiger partial charge in [-0.3, -0.25) is 4.79 Å². The molecule has 0 radical (unpaired) electrons. The van der Waals surface area contributed by atoms with Gasteiger partial charge >= 0.3 is 0 Å². The Balaban J connectivity index is 2.50. The molecule has 1 heterocycles.